The highest BCUT2D eigenvalue weighted by Crippen LogP contribution is 2.12. The van der Waals surface area contributed by atoms with Crippen LogP contribution in [-0.2, 0) is 4.79 Å². The first-order chi connectivity index (χ1) is 6.59. The predicted octanol–water partition coefficient (Wildman–Crippen LogP) is 2.06. The molecule has 0 saturated carbocycles. The Hall–Kier alpha value is -0.870. The van der Waals surface area contributed by atoms with Crippen LogP contribution in [0.25, 0.3) is 0 Å². The molecule has 0 radical (unpaired) electrons. The number of anilines is 1. The van der Waals surface area contributed by atoms with Crippen LogP contribution in [0, 0.1) is 5.92 Å². The molecule has 4 heteroatoms. The number of amides is 1. The first-order valence-electron chi connectivity index (χ1n) is 4.67. The molecule has 1 atom stereocenters. The third-order valence-corrected chi connectivity index (χ3v) is 2.77. The van der Waals surface area contributed by atoms with Gasteiger partial charge in [0.25, 0.3) is 0 Å². The van der Waals surface area contributed by atoms with Crippen molar-refractivity contribution in [2.75, 3.05) is 5.32 Å². The number of hydrogen-bond donors (Lipinski definition) is 2. The molecule has 0 aliphatic heterocycles. The summed E-state index contributed by atoms with van der Waals surface area (Å²) in [5.74, 6) is 0.327. The second kappa shape index (κ2) is 5.12. The minimum Gasteiger partial charge on any atom is -0.327 e. The van der Waals surface area contributed by atoms with Crippen molar-refractivity contribution in [2.45, 2.75) is 26.3 Å². The number of carbonyl (C=O) groups excluding carboxylic acids is 1. The van der Waals surface area contributed by atoms with Gasteiger partial charge in [-0.3, -0.25) is 4.79 Å². The first kappa shape index (κ1) is 11.2. The third kappa shape index (κ3) is 3.47. The molecule has 3 N–H and O–H groups in total. The zero-order valence-corrected chi connectivity index (χ0v) is 9.30. The molecule has 1 heterocycles. The summed E-state index contributed by atoms with van der Waals surface area (Å²) in [7, 11) is 0. The topological polar surface area (TPSA) is 55.1 Å². The van der Waals surface area contributed by atoms with Crippen molar-refractivity contribution in [3.8, 4) is 0 Å². The Morgan fingerprint density at radius 1 is 1.64 bits per heavy atom. The van der Waals surface area contributed by atoms with Gasteiger partial charge in [-0.15, -0.1) is 0 Å². The van der Waals surface area contributed by atoms with Gasteiger partial charge < -0.3 is 11.1 Å². The molecule has 0 aliphatic rings. The number of hydrogen-bond acceptors (Lipinski definition) is 3. The summed E-state index contributed by atoms with van der Waals surface area (Å²) in [4.78, 5) is 11.4. The first-order valence-corrected chi connectivity index (χ1v) is 5.61. The summed E-state index contributed by atoms with van der Waals surface area (Å²) in [5, 5.41) is 6.63. The van der Waals surface area contributed by atoms with Crippen molar-refractivity contribution in [1.29, 1.82) is 0 Å². The van der Waals surface area contributed by atoms with E-state index in [4.69, 9.17) is 5.73 Å². The minimum atomic E-state index is -0.0614. The lowest BCUT2D eigenvalue weighted by atomic mass is 10.0. The molecular formula is C10H16N2OS. The van der Waals surface area contributed by atoms with Gasteiger partial charge in [-0.25, -0.2) is 0 Å². The summed E-state index contributed by atoms with van der Waals surface area (Å²) >= 11 is 1.56. The van der Waals surface area contributed by atoms with Crippen LogP contribution in [0.5, 0.6) is 0 Å². The maximum Gasteiger partial charge on any atom is 0.225 e. The van der Waals surface area contributed by atoms with Crippen LogP contribution < -0.4 is 11.1 Å². The van der Waals surface area contributed by atoms with E-state index in [-0.39, 0.29) is 11.9 Å². The number of thiophene rings is 1. The third-order valence-electron chi connectivity index (χ3n) is 2.08. The molecule has 0 aliphatic carbocycles. The van der Waals surface area contributed by atoms with Crippen LogP contribution >= 0.6 is 11.3 Å². The molecule has 1 amide bonds. The molecular weight excluding hydrogens is 196 g/mol. The standard InChI is InChI=1S/C10H16N2OS/c1-7(2)9(11)5-10(13)12-8-3-4-14-6-8/h3-4,6-7,9H,5,11H2,1-2H3,(H,12,13). The molecule has 1 rings (SSSR count). The van der Waals surface area contributed by atoms with Gasteiger partial charge in [-0.2, -0.15) is 11.3 Å². The van der Waals surface area contributed by atoms with Crippen LogP contribution in [0.2, 0.25) is 0 Å². The van der Waals surface area contributed by atoms with E-state index in [0.29, 0.717) is 12.3 Å². The summed E-state index contributed by atoms with van der Waals surface area (Å²) in [5.41, 5.74) is 6.65. The highest BCUT2D eigenvalue weighted by Gasteiger charge is 2.12. The van der Waals surface area contributed by atoms with E-state index in [1.54, 1.807) is 11.3 Å². The molecule has 0 bridgehead atoms. The number of rotatable bonds is 4. The molecule has 14 heavy (non-hydrogen) atoms. The average molecular weight is 212 g/mol. The summed E-state index contributed by atoms with van der Waals surface area (Å²) in [6, 6.07) is 1.82. The zero-order chi connectivity index (χ0) is 10.6. The zero-order valence-electron chi connectivity index (χ0n) is 8.49. The highest BCUT2D eigenvalue weighted by molar-refractivity contribution is 7.08. The van der Waals surface area contributed by atoms with Crippen molar-refractivity contribution >= 4 is 22.9 Å². The molecule has 1 unspecified atom stereocenters. The summed E-state index contributed by atoms with van der Waals surface area (Å²) in [6.07, 6.45) is 0.382. The number of nitrogens with two attached hydrogens (primary N) is 1. The molecule has 3 nitrogen and oxygen atoms in total. The van der Waals surface area contributed by atoms with Crippen molar-refractivity contribution in [3.63, 3.8) is 0 Å². The van der Waals surface area contributed by atoms with Crippen LogP contribution in [0.3, 0.4) is 0 Å². The Labute approximate surface area is 88.3 Å². The second-order valence-electron chi connectivity index (χ2n) is 3.67. The Balaban J connectivity index is 2.36. The second-order valence-corrected chi connectivity index (χ2v) is 4.45. The van der Waals surface area contributed by atoms with Crippen LogP contribution in [-0.4, -0.2) is 11.9 Å². The Morgan fingerprint density at radius 3 is 2.86 bits per heavy atom. The van der Waals surface area contributed by atoms with Gasteiger partial charge in [-0.05, 0) is 17.4 Å². The fraction of sp³-hybridized carbons (Fsp3) is 0.500. The number of carbonyl (C=O) groups is 1. The quantitative estimate of drug-likeness (QED) is 0.802. The maximum atomic E-state index is 11.4. The lowest BCUT2D eigenvalue weighted by Crippen LogP contribution is -2.31. The molecule has 0 saturated heterocycles. The van der Waals surface area contributed by atoms with E-state index in [0.717, 1.165) is 5.69 Å². The molecule has 1 aromatic heterocycles. The van der Waals surface area contributed by atoms with E-state index in [9.17, 15) is 4.79 Å². The van der Waals surface area contributed by atoms with Gasteiger partial charge >= 0.3 is 0 Å². The van der Waals surface area contributed by atoms with E-state index in [1.165, 1.54) is 0 Å². The van der Waals surface area contributed by atoms with Gasteiger partial charge in [0.2, 0.25) is 5.91 Å². The van der Waals surface area contributed by atoms with Gasteiger partial charge in [0, 0.05) is 17.8 Å². The molecule has 78 valence electrons. The summed E-state index contributed by atoms with van der Waals surface area (Å²) in [6.45, 7) is 4.03. The van der Waals surface area contributed by atoms with Crippen molar-refractivity contribution < 1.29 is 4.79 Å². The summed E-state index contributed by atoms with van der Waals surface area (Å²) < 4.78 is 0. The fourth-order valence-electron chi connectivity index (χ4n) is 0.997. The largest absolute Gasteiger partial charge is 0.327 e. The highest BCUT2D eigenvalue weighted by atomic mass is 32.1. The van der Waals surface area contributed by atoms with Crippen molar-refractivity contribution in [1.82, 2.24) is 0 Å². The average Bonchev–Trinajstić information content (AvgIpc) is 2.56. The molecule has 0 spiro atoms. The molecule has 0 aromatic carbocycles. The lowest BCUT2D eigenvalue weighted by Gasteiger charge is -2.14. The van der Waals surface area contributed by atoms with E-state index in [2.05, 4.69) is 5.32 Å². The van der Waals surface area contributed by atoms with Crippen molar-refractivity contribution in [2.24, 2.45) is 11.7 Å². The lowest BCUT2D eigenvalue weighted by molar-refractivity contribution is -0.116. The fourth-order valence-corrected chi connectivity index (χ4v) is 1.59. The monoisotopic (exact) mass is 212 g/mol. The van der Waals surface area contributed by atoms with Gasteiger partial charge in [0.1, 0.15) is 0 Å². The van der Waals surface area contributed by atoms with Crippen LogP contribution in [0.4, 0.5) is 5.69 Å². The Morgan fingerprint density at radius 2 is 2.36 bits per heavy atom. The van der Waals surface area contributed by atoms with Gasteiger partial charge in [0.15, 0.2) is 0 Å². The smallest absolute Gasteiger partial charge is 0.225 e. The minimum absolute atomic E-state index is 0.00963. The van der Waals surface area contributed by atoms with E-state index in [1.807, 2.05) is 30.7 Å². The SMILES string of the molecule is CC(C)C(N)CC(=O)Nc1ccsc1. The van der Waals surface area contributed by atoms with Crippen molar-refractivity contribution in [3.05, 3.63) is 16.8 Å². The number of nitrogens with one attached hydrogen (secondary N) is 1. The Bertz CT molecular complexity index is 282. The Kier molecular flexibility index (Phi) is 4.10. The maximum absolute atomic E-state index is 11.4. The van der Waals surface area contributed by atoms with E-state index < -0.39 is 0 Å². The van der Waals surface area contributed by atoms with Crippen LogP contribution in [0.1, 0.15) is 20.3 Å². The van der Waals surface area contributed by atoms with E-state index >= 15 is 0 Å². The van der Waals surface area contributed by atoms with Gasteiger partial charge in [0.05, 0.1) is 5.69 Å². The normalized spacial score (nSPS) is 12.9. The molecule has 0 fully saturated rings. The van der Waals surface area contributed by atoms with Gasteiger partial charge in [-0.1, -0.05) is 13.8 Å². The molecule has 1 aromatic rings. The predicted molar refractivity (Wildman–Crippen MR) is 60.4 cm³/mol. The van der Waals surface area contributed by atoms with Crippen LogP contribution in [0.15, 0.2) is 16.8 Å².